The molecule has 0 fully saturated rings. The van der Waals surface area contributed by atoms with Crippen LogP contribution in [0.15, 0.2) is 33.6 Å². The van der Waals surface area contributed by atoms with Crippen molar-refractivity contribution in [3.63, 3.8) is 0 Å². The molecule has 0 spiro atoms. The highest BCUT2D eigenvalue weighted by Crippen LogP contribution is 2.18. The number of hydrogen-bond acceptors (Lipinski definition) is 2. The maximum absolute atomic E-state index is 12.4. The molecule has 3 unspecified atom stereocenters. The Bertz CT molecular complexity index is 366. The summed E-state index contributed by atoms with van der Waals surface area (Å²) in [5, 5.41) is 3.52. The van der Waals surface area contributed by atoms with Gasteiger partial charge in [-0.25, -0.2) is 0 Å². The lowest BCUT2D eigenvalue weighted by molar-refractivity contribution is 0.500. The highest BCUT2D eigenvalue weighted by atomic mass is 79.9. The van der Waals surface area contributed by atoms with Crippen LogP contribution in [0.3, 0.4) is 0 Å². The lowest BCUT2D eigenvalue weighted by Crippen LogP contribution is -2.39. The van der Waals surface area contributed by atoms with Crippen molar-refractivity contribution in [2.75, 3.05) is 6.54 Å². The Kier molecular flexibility index (Phi) is 6.38. The van der Waals surface area contributed by atoms with Gasteiger partial charge >= 0.3 is 0 Å². The zero-order valence-electron chi connectivity index (χ0n) is 10.6. The maximum Gasteiger partial charge on any atom is 0.0573 e. The molecule has 2 nitrogen and oxygen atoms in total. The van der Waals surface area contributed by atoms with Crippen molar-refractivity contribution >= 4 is 26.7 Å². The monoisotopic (exact) mass is 317 g/mol. The molecule has 0 saturated heterocycles. The van der Waals surface area contributed by atoms with E-state index in [2.05, 4.69) is 42.0 Å². The third kappa shape index (κ3) is 4.19. The Labute approximate surface area is 115 Å². The van der Waals surface area contributed by atoms with Crippen LogP contribution in [0, 0.1) is 0 Å². The van der Waals surface area contributed by atoms with Crippen LogP contribution in [0.25, 0.3) is 0 Å². The van der Waals surface area contributed by atoms with Gasteiger partial charge in [0.15, 0.2) is 0 Å². The van der Waals surface area contributed by atoms with Crippen molar-refractivity contribution in [3.8, 4) is 0 Å². The molecule has 0 bridgehead atoms. The average molecular weight is 318 g/mol. The molecule has 1 N–H and O–H groups in total. The molecule has 0 saturated carbocycles. The van der Waals surface area contributed by atoms with E-state index in [-0.39, 0.29) is 5.25 Å². The largest absolute Gasteiger partial charge is 0.313 e. The van der Waals surface area contributed by atoms with E-state index in [4.69, 9.17) is 0 Å². The lowest BCUT2D eigenvalue weighted by Gasteiger charge is -2.23. The summed E-state index contributed by atoms with van der Waals surface area (Å²) in [6, 6.07) is 8.04. The number of rotatable bonds is 6. The van der Waals surface area contributed by atoms with Crippen LogP contribution >= 0.6 is 15.9 Å². The maximum atomic E-state index is 12.4. The van der Waals surface area contributed by atoms with Gasteiger partial charge in [0, 0.05) is 15.4 Å². The predicted octanol–water partition coefficient (Wildman–Crippen LogP) is 3.33. The molecular weight excluding hydrogens is 298 g/mol. The lowest BCUT2D eigenvalue weighted by atomic mass is 10.2. The van der Waals surface area contributed by atoms with Crippen LogP contribution < -0.4 is 5.32 Å². The van der Waals surface area contributed by atoms with Gasteiger partial charge in [-0.2, -0.15) is 0 Å². The molecule has 0 heterocycles. The fraction of sp³-hybridized carbons (Fsp3) is 0.538. The molecule has 0 aliphatic rings. The van der Waals surface area contributed by atoms with Gasteiger partial charge in [0.2, 0.25) is 0 Å². The standard InChI is InChI=1S/C13H20BrNOS/c1-4-13(15-5-2)10(3)17(16)12-8-6-11(14)7-9-12/h6-10,13,15H,4-5H2,1-3H3. The van der Waals surface area contributed by atoms with E-state index >= 15 is 0 Å². The normalized spacial score (nSPS) is 16.5. The molecule has 0 aromatic heterocycles. The third-order valence-corrected chi connectivity index (χ3v) is 5.13. The SMILES string of the molecule is CCNC(CC)C(C)S(=O)c1ccc(Br)cc1. The third-order valence-electron chi connectivity index (χ3n) is 2.86. The second-order valence-corrected chi connectivity index (χ2v) is 6.75. The Balaban J connectivity index is 2.77. The number of benzene rings is 1. The Morgan fingerprint density at radius 2 is 1.88 bits per heavy atom. The first-order valence-corrected chi connectivity index (χ1v) is 8.00. The van der Waals surface area contributed by atoms with E-state index < -0.39 is 10.8 Å². The van der Waals surface area contributed by atoms with E-state index in [1.54, 1.807) is 0 Å². The van der Waals surface area contributed by atoms with Gasteiger partial charge in [0.05, 0.1) is 16.0 Å². The van der Waals surface area contributed by atoms with Crippen LogP contribution in [0.2, 0.25) is 0 Å². The van der Waals surface area contributed by atoms with Gasteiger partial charge in [-0.1, -0.05) is 29.8 Å². The predicted molar refractivity (Wildman–Crippen MR) is 77.8 cm³/mol. The summed E-state index contributed by atoms with van der Waals surface area (Å²) in [5.41, 5.74) is 0. The van der Waals surface area contributed by atoms with Crippen molar-refractivity contribution in [1.29, 1.82) is 0 Å². The van der Waals surface area contributed by atoms with Gasteiger partial charge in [-0.05, 0) is 44.2 Å². The topological polar surface area (TPSA) is 29.1 Å². The minimum Gasteiger partial charge on any atom is -0.313 e. The van der Waals surface area contributed by atoms with Crippen molar-refractivity contribution in [2.45, 2.75) is 43.4 Å². The summed E-state index contributed by atoms with van der Waals surface area (Å²) in [6.45, 7) is 7.18. The highest BCUT2D eigenvalue weighted by molar-refractivity contribution is 9.10. The number of hydrogen-bond donors (Lipinski definition) is 1. The van der Waals surface area contributed by atoms with Gasteiger partial charge in [0.25, 0.3) is 0 Å². The fourth-order valence-corrected chi connectivity index (χ4v) is 3.52. The second kappa shape index (κ2) is 7.29. The summed E-state index contributed by atoms with van der Waals surface area (Å²) >= 11 is 3.39. The smallest absolute Gasteiger partial charge is 0.0573 e. The van der Waals surface area contributed by atoms with Crippen molar-refractivity contribution in [1.82, 2.24) is 5.32 Å². The van der Waals surface area contributed by atoms with Crippen LogP contribution in [0.1, 0.15) is 27.2 Å². The molecule has 0 aliphatic heterocycles. The highest BCUT2D eigenvalue weighted by Gasteiger charge is 2.21. The summed E-state index contributed by atoms with van der Waals surface area (Å²) < 4.78 is 13.4. The average Bonchev–Trinajstić information content (AvgIpc) is 2.35. The quantitative estimate of drug-likeness (QED) is 0.872. The van der Waals surface area contributed by atoms with Crippen LogP contribution in [0.5, 0.6) is 0 Å². The Morgan fingerprint density at radius 3 is 2.35 bits per heavy atom. The molecular formula is C13H20BrNOS. The van der Waals surface area contributed by atoms with Gasteiger partial charge in [-0.15, -0.1) is 0 Å². The van der Waals surface area contributed by atoms with Crippen LogP contribution in [-0.2, 0) is 10.8 Å². The minimum atomic E-state index is -0.951. The molecule has 0 amide bonds. The zero-order valence-corrected chi connectivity index (χ0v) is 13.0. The molecule has 3 atom stereocenters. The van der Waals surface area contributed by atoms with Crippen molar-refractivity contribution in [3.05, 3.63) is 28.7 Å². The second-order valence-electron chi connectivity index (χ2n) is 4.03. The van der Waals surface area contributed by atoms with E-state index in [1.165, 1.54) is 0 Å². The molecule has 0 aliphatic carbocycles. The molecule has 96 valence electrons. The minimum absolute atomic E-state index is 0.126. The molecule has 1 aromatic rings. The number of halogens is 1. The zero-order chi connectivity index (χ0) is 12.8. The molecule has 17 heavy (non-hydrogen) atoms. The van der Waals surface area contributed by atoms with Gasteiger partial charge < -0.3 is 5.32 Å². The van der Waals surface area contributed by atoms with E-state index in [1.807, 2.05) is 24.3 Å². The molecule has 1 rings (SSSR count). The Hall–Kier alpha value is -0.190. The van der Waals surface area contributed by atoms with E-state index in [9.17, 15) is 4.21 Å². The first-order valence-electron chi connectivity index (χ1n) is 5.99. The summed E-state index contributed by atoms with van der Waals surface area (Å²) in [7, 11) is -0.951. The summed E-state index contributed by atoms with van der Waals surface area (Å²) in [5.74, 6) is 0. The van der Waals surface area contributed by atoms with Gasteiger partial charge in [0.1, 0.15) is 0 Å². The van der Waals surface area contributed by atoms with E-state index in [0.717, 1.165) is 22.3 Å². The first-order chi connectivity index (χ1) is 8.10. The Morgan fingerprint density at radius 1 is 1.29 bits per heavy atom. The molecule has 1 aromatic carbocycles. The van der Waals surface area contributed by atoms with Crippen LogP contribution in [0.4, 0.5) is 0 Å². The van der Waals surface area contributed by atoms with Crippen molar-refractivity contribution < 1.29 is 4.21 Å². The number of nitrogens with one attached hydrogen (secondary N) is 1. The van der Waals surface area contributed by atoms with Crippen LogP contribution in [-0.4, -0.2) is 22.0 Å². The van der Waals surface area contributed by atoms with Gasteiger partial charge in [-0.3, -0.25) is 4.21 Å². The van der Waals surface area contributed by atoms with E-state index in [0.29, 0.717) is 6.04 Å². The summed E-state index contributed by atoms with van der Waals surface area (Å²) in [4.78, 5) is 0.900. The molecule has 4 heteroatoms. The fourth-order valence-electron chi connectivity index (χ4n) is 1.84. The first kappa shape index (κ1) is 14.9. The van der Waals surface area contributed by atoms with Crippen molar-refractivity contribution in [2.24, 2.45) is 0 Å². The molecule has 0 radical (unpaired) electrons. The summed E-state index contributed by atoms with van der Waals surface area (Å²) in [6.07, 6.45) is 0.997.